The number of benzene rings is 1. The van der Waals surface area contributed by atoms with Crippen LogP contribution in [0, 0.1) is 0 Å². The van der Waals surface area contributed by atoms with Gasteiger partial charge in [-0.2, -0.15) is 4.99 Å². The number of nitrogens with one attached hydrogen (secondary N) is 1. The van der Waals surface area contributed by atoms with Crippen molar-refractivity contribution in [2.45, 2.75) is 26.4 Å². The van der Waals surface area contributed by atoms with Crippen LogP contribution in [0.2, 0.25) is 0 Å². The van der Waals surface area contributed by atoms with E-state index in [-0.39, 0.29) is 35.0 Å². The van der Waals surface area contributed by atoms with E-state index < -0.39 is 5.91 Å². The first-order valence-corrected chi connectivity index (χ1v) is 10.2. The smallest absolute Gasteiger partial charge is 0.279 e. The molecule has 10 heteroatoms. The maximum Gasteiger partial charge on any atom is 0.279 e. The molecular formula is C22H26N6O4. The van der Waals surface area contributed by atoms with Crippen molar-refractivity contribution in [1.82, 2.24) is 20.2 Å². The summed E-state index contributed by atoms with van der Waals surface area (Å²) >= 11 is 0. The highest BCUT2D eigenvalue weighted by Gasteiger charge is 2.23. The predicted molar refractivity (Wildman–Crippen MR) is 119 cm³/mol. The van der Waals surface area contributed by atoms with Crippen molar-refractivity contribution in [3.63, 3.8) is 0 Å². The minimum absolute atomic E-state index is 0.0512. The van der Waals surface area contributed by atoms with E-state index in [2.05, 4.69) is 20.3 Å². The molecule has 1 fully saturated rings. The van der Waals surface area contributed by atoms with Gasteiger partial charge in [-0.25, -0.2) is 9.97 Å². The molecule has 168 valence electrons. The Kier molecular flexibility index (Phi) is 7.37. The molecule has 1 aliphatic rings. The van der Waals surface area contributed by atoms with Gasteiger partial charge < -0.3 is 25.4 Å². The average molecular weight is 438 g/mol. The van der Waals surface area contributed by atoms with Crippen molar-refractivity contribution in [3.8, 4) is 17.4 Å². The quantitative estimate of drug-likeness (QED) is 0.473. The number of rotatable bonds is 8. The van der Waals surface area contributed by atoms with E-state index in [0.29, 0.717) is 11.5 Å². The van der Waals surface area contributed by atoms with E-state index >= 15 is 0 Å². The Morgan fingerprint density at radius 3 is 2.53 bits per heavy atom. The number of aliphatic imine (C=N–C) groups is 1. The van der Waals surface area contributed by atoms with Gasteiger partial charge in [-0.3, -0.25) is 9.59 Å². The van der Waals surface area contributed by atoms with E-state index in [4.69, 9.17) is 15.2 Å². The van der Waals surface area contributed by atoms with Crippen LogP contribution >= 0.6 is 0 Å². The molecule has 1 aromatic carbocycles. The lowest BCUT2D eigenvalue weighted by atomic mass is 10.2. The van der Waals surface area contributed by atoms with Crippen molar-refractivity contribution >= 4 is 17.6 Å². The van der Waals surface area contributed by atoms with Gasteiger partial charge in [0.2, 0.25) is 5.88 Å². The Balaban J connectivity index is 1.81. The van der Waals surface area contributed by atoms with Crippen LogP contribution in [0.5, 0.6) is 17.4 Å². The van der Waals surface area contributed by atoms with Crippen molar-refractivity contribution < 1.29 is 19.1 Å². The van der Waals surface area contributed by atoms with Crippen LogP contribution < -0.4 is 20.5 Å². The summed E-state index contributed by atoms with van der Waals surface area (Å²) in [6, 6.07) is 4.70. The predicted octanol–water partition coefficient (Wildman–Crippen LogP) is 2.13. The molecule has 1 saturated heterocycles. The molecule has 3 rings (SSSR count). The highest BCUT2D eigenvalue weighted by atomic mass is 16.5. The lowest BCUT2D eigenvalue weighted by Crippen LogP contribution is -2.42. The summed E-state index contributed by atoms with van der Waals surface area (Å²) in [5, 5.41) is 2.77. The standard InChI is InChI=1S/C22H26N6O4/c1-14(2)31-16-9-15(21(29)27-19(23)5-6-24-3)10-17(11-16)32-20-13-25-18(12-26-20)22(30)28-7-4-8-28/h5-6,9-14,24H,4,7-8H2,1-3H3,(H2,23,27,29)/b6-5-. The summed E-state index contributed by atoms with van der Waals surface area (Å²) in [5.41, 5.74) is 6.23. The van der Waals surface area contributed by atoms with Crippen LogP contribution in [-0.4, -0.2) is 58.8 Å². The third-order valence-corrected chi connectivity index (χ3v) is 4.36. The molecule has 32 heavy (non-hydrogen) atoms. The second kappa shape index (κ2) is 10.4. The topological polar surface area (TPSA) is 132 Å². The van der Waals surface area contributed by atoms with Crippen molar-refractivity contribution in [1.29, 1.82) is 0 Å². The van der Waals surface area contributed by atoms with Gasteiger partial charge in [0.15, 0.2) is 0 Å². The Bertz CT molecular complexity index is 1030. The zero-order valence-electron chi connectivity index (χ0n) is 18.2. The fourth-order valence-corrected chi connectivity index (χ4v) is 2.76. The first-order chi connectivity index (χ1) is 15.4. The fraction of sp³-hybridized carbons (Fsp3) is 0.318. The van der Waals surface area contributed by atoms with Gasteiger partial charge in [-0.1, -0.05) is 0 Å². The number of amidine groups is 1. The highest BCUT2D eigenvalue weighted by molar-refractivity contribution is 6.06. The average Bonchev–Trinajstić information content (AvgIpc) is 2.70. The molecule has 2 aromatic rings. The Morgan fingerprint density at radius 2 is 1.94 bits per heavy atom. The zero-order valence-corrected chi connectivity index (χ0v) is 18.2. The van der Waals surface area contributed by atoms with Crippen molar-refractivity contribution in [2.24, 2.45) is 10.7 Å². The van der Waals surface area contributed by atoms with Crippen LogP contribution in [-0.2, 0) is 0 Å². The largest absolute Gasteiger partial charge is 0.491 e. The normalized spacial score (nSPS) is 13.8. The van der Waals surface area contributed by atoms with E-state index in [1.807, 2.05) is 13.8 Å². The van der Waals surface area contributed by atoms with E-state index in [1.165, 1.54) is 24.5 Å². The van der Waals surface area contributed by atoms with Crippen LogP contribution in [0.25, 0.3) is 0 Å². The summed E-state index contributed by atoms with van der Waals surface area (Å²) in [6.07, 6.45) is 6.65. The maximum atomic E-state index is 12.6. The summed E-state index contributed by atoms with van der Waals surface area (Å²) < 4.78 is 11.5. The third kappa shape index (κ3) is 6.03. The molecule has 0 radical (unpaired) electrons. The maximum absolute atomic E-state index is 12.6. The number of carbonyl (C=O) groups excluding carboxylic acids is 2. The minimum atomic E-state index is -0.552. The van der Waals surface area contributed by atoms with Crippen LogP contribution in [0.1, 0.15) is 41.1 Å². The van der Waals surface area contributed by atoms with Crippen LogP contribution in [0.3, 0.4) is 0 Å². The molecule has 0 bridgehead atoms. The Labute approximate surface area is 186 Å². The zero-order chi connectivity index (χ0) is 23.1. The lowest BCUT2D eigenvalue weighted by molar-refractivity contribution is 0.0645. The number of hydrogen-bond acceptors (Lipinski definition) is 7. The van der Waals surface area contributed by atoms with Gasteiger partial charge in [-0.15, -0.1) is 0 Å². The third-order valence-electron chi connectivity index (χ3n) is 4.36. The summed E-state index contributed by atoms with van der Waals surface area (Å²) in [7, 11) is 1.71. The summed E-state index contributed by atoms with van der Waals surface area (Å²) in [6.45, 7) is 5.20. The number of carbonyl (C=O) groups is 2. The Hall–Kier alpha value is -3.95. The van der Waals surface area contributed by atoms with Gasteiger partial charge in [0.05, 0.1) is 18.5 Å². The summed E-state index contributed by atoms with van der Waals surface area (Å²) in [4.78, 5) is 38.7. The molecule has 2 amide bonds. The molecule has 1 aromatic heterocycles. The van der Waals surface area contributed by atoms with Gasteiger partial charge in [0, 0.05) is 31.8 Å². The molecule has 10 nitrogen and oxygen atoms in total. The summed E-state index contributed by atoms with van der Waals surface area (Å²) in [5.74, 6) is 0.253. The molecule has 2 heterocycles. The molecular weight excluding hydrogens is 412 g/mol. The minimum Gasteiger partial charge on any atom is -0.491 e. The second-order valence-corrected chi connectivity index (χ2v) is 7.31. The SMILES string of the molecule is CN/C=C\C(N)=NC(=O)c1cc(Oc2cnc(C(=O)N3CCC3)cn2)cc(OC(C)C)c1. The molecule has 0 spiro atoms. The fourth-order valence-electron chi connectivity index (χ4n) is 2.76. The monoisotopic (exact) mass is 438 g/mol. The number of ether oxygens (including phenoxy) is 2. The van der Waals surface area contributed by atoms with Gasteiger partial charge in [-0.05, 0) is 44.7 Å². The van der Waals surface area contributed by atoms with Gasteiger partial charge in [0.25, 0.3) is 11.8 Å². The first kappa shape index (κ1) is 22.7. The number of nitrogens with zero attached hydrogens (tertiary/aromatic N) is 4. The lowest BCUT2D eigenvalue weighted by Gasteiger charge is -2.30. The molecule has 0 atom stereocenters. The van der Waals surface area contributed by atoms with Gasteiger partial charge >= 0.3 is 0 Å². The number of nitrogens with two attached hydrogens (primary N) is 1. The molecule has 0 aliphatic carbocycles. The Morgan fingerprint density at radius 1 is 1.19 bits per heavy atom. The highest BCUT2D eigenvalue weighted by Crippen LogP contribution is 2.27. The number of amides is 2. The molecule has 3 N–H and O–H groups in total. The van der Waals surface area contributed by atoms with E-state index in [9.17, 15) is 9.59 Å². The van der Waals surface area contributed by atoms with Crippen LogP contribution in [0.4, 0.5) is 0 Å². The number of aromatic nitrogens is 2. The van der Waals surface area contributed by atoms with E-state index in [1.54, 1.807) is 30.3 Å². The van der Waals surface area contributed by atoms with Crippen molar-refractivity contribution in [2.75, 3.05) is 20.1 Å². The number of likely N-dealkylation sites (tertiary alicyclic amines) is 1. The molecule has 0 unspecified atom stereocenters. The van der Waals surface area contributed by atoms with Crippen LogP contribution in [0.15, 0.2) is 47.9 Å². The van der Waals surface area contributed by atoms with Gasteiger partial charge in [0.1, 0.15) is 23.0 Å². The van der Waals surface area contributed by atoms with E-state index in [0.717, 1.165) is 19.5 Å². The second-order valence-electron chi connectivity index (χ2n) is 7.31. The van der Waals surface area contributed by atoms with Crippen molar-refractivity contribution in [3.05, 3.63) is 54.1 Å². The first-order valence-electron chi connectivity index (χ1n) is 10.2. The molecule has 0 saturated carbocycles. The number of hydrogen-bond donors (Lipinski definition) is 2. The molecule has 1 aliphatic heterocycles.